The molecule has 0 unspecified atom stereocenters. The summed E-state index contributed by atoms with van der Waals surface area (Å²) in [6.07, 6.45) is 0. The third kappa shape index (κ3) is 2.19. The Balaban J connectivity index is 2.61. The average molecular weight is 246 g/mol. The average Bonchev–Trinajstić information content (AvgIpc) is 2.33. The van der Waals surface area contributed by atoms with Crippen molar-refractivity contribution in [2.24, 2.45) is 7.05 Å². The molecule has 84 valence electrons. The van der Waals surface area contributed by atoms with Gasteiger partial charge < -0.3 is 0 Å². The van der Waals surface area contributed by atoms with Crippen molar-refractivity contribution >= 4 is 11.6 Å². The van der Waals surface area contributed by atoms with Gasteiger partial charge in [-0.3, -0.25) is 4.79 Å². The summed E-state index contributed by atoms with van der Waals surface area (Å²) in [6.45, 7) is 0. The Hall–Kier alpha value is -2.12. The SMILES string of the molecule is Cn1nc(-c2ccc(Cl)cc2)cc(C#N)c1=O. The van der Waals surface area contributed by atoms with Crippen molar-refractivity contribution in [2.45, 2.75) is 0 Å². The summed E-state index contributed by atoms with van der Waals surface area (Å²) >= 11 is 5.79. The number of aromatic nitrogens is 2. The molecule has 2 rings (SSSR count). The fourth-order valence-electron chi connectivity index (χ4n) is 1.45. The molecule has 17 heavy (non-hydrogen) atoms. The Bertz CT molecular complexity index is 653. The Morgan fingerprint density at radius 2 is 2.00 bits per heavy atom. The minimum atomic E-state index is -0.398. The first-order chi connectivity index (χ1) is 8.11. The minimum Gasteiger partial charge on any atom is -0.266 e. The number of nitrogens with zero attached hydrogens (tertiary/aromatic N) is 3. The van der Waals surface area contributed by atoms with Crippen LogP contribution >= 0.6 is 11.6 Å². The van der Waals surface area contributed by atoms with Gasteiger partial charge in [0.15, 0.2) is 0 Å². The predicted octanol–water partition coefficient (Wildman–Crippen LogP) is 1.97. The van der Waals surface area contributed by atoms with E-state index in [9.17, 15) is 4.79 Å². The molecule has 0 spiro atoms. The highest BCUT2D eigenvalue weighted by atomic mass is 35.5. The largest absolute Gasteiger partial charge is 0.284 e. The first-order valence-corrected chi connectivity index (χ1v) is 5.24. The zero-order chi connectivity index (χ0) is 12.4. The number of halogens is 1. The van der Waals surface area contributed by atoms with Crippen molar-refractivity contribution in [1.82, 2.24) is 9.78 Å². The molecule has 0 N–H and O–H groups in total. The van der Waals surface area contributed by atoms with E-state index in [1.54, 1.807) is 24.3 Å². The highest BCUT2D eigenvalue weighted by Crippen LogP contribution is 2.19. The van der Waals surface area contributed by atoms with E-state index in [2.05, 4.69) is 5.10 Å². The van der Waals surface area contributed by atoms with E-state index in [0.29, 0.717) is 10.7 Å². The van der Waals surface area contributed by atoms with E-state index in [1.165, 1.54) is 13.1 Å². The Labute approximate surface area is 103 Å². The van der Waals surface area contributed by atoms with Gasteiger partial charge in [0, 0.05) is 17.6 Å². The molecule has 0 saturated carbocycles. The maximum Gasteiger partial charge on any atom is 0.284 e. The lowest BCUT2D eigenvalue weighted by Gasteiger charge is -2.03. The van der Waals surface area contributed by atoms with E-state index in [-0.39, 0.29) is 5.56 Å². The van der Waals surface area contributed by atoms with E-state index >= 15 is 0 Å². The number of nitriles is 1. The molecule has 0 bridgehead atoms. The van der Waals surface area contributed by atoms with Crippen LogP contribution in [0.4, 0.5) is 0 Å². The molecular weight excluding hydrogens is 238 g/mol. The summed E-state index contributed by atoms with van der Waals surface area (Å²) in [7, 11) is 1.52. The van der Waals surface area contributed by atoms with Crippen molar-refractivity contribution in [3.05, 3.63) is 51.3 Å². The van der Waals surface area contributed by atoms with Crippen molar-refractivity contribution in [2.75, 3.05) is 0 Å². The number of hydrogen-bond acceptors (Lipinski definition) is 3. The van der Waals surface area contributed by atoms with Gasteiger partial charge in [0.1, 0.15) is 11.6 Å². The van der Waals surface area contributed by atoms with Gasteiger partial charge in [0.2, 0.25) is 0 Å². The smallest absolute Gasteiger partial charge is 0.266 e. The molecule has 0 fully saturated rings. The molecule has 0 aliphatic carbocycles. The highest BCUT2D eigenvalue weighted by Gasteiger charge is 2.07. The molecule has 0 amide bonds. The van der Waals surface area contributed by atoms with Crippen LogP contribution in [0.2, 0.25) is 5.02 Å². The Morgan fingerprint density at radius 3 is 2.59 bits per heavy atom. The first kappa shape index (κ1) is 11.4. The maximum absolute atomic E-state index is 11.5. The molecular formula is C12H8ClN3O. The van der Waals surface area contributed by atoms with Crippen LogP contribution in [0, 0.1) is 11.3 Å². The van der Waals surface area contributed by atoms with Gasteiger partial charge in [-0.15, -0.1) is 0 Å². The van der Waals surface area contributed by atoms with Crippen LogP contribution in [0.25, 0.3) is 11.3 Å². The third-order valence-electron chi connectivity index (χ3n) is 2.32. The van der Waals surface area contributed by atoms with Gasteiger partial charge in [0.25, 0.3) is 5.56 Å². The fourth-order valence-corrected chi connectivity index (χ4v) is 1.58. The zero-order valence-electron chi connectivity index (χ0n) is 9.01. The molecule has 0 atom stereocenters. The van der Waals surface area contributed by atoms with Crippen molar-refractivity contribution in [3.63, 3.8) is 0 Å². The van der Waals surface area contributed by atoms with Gasteiger partial charge in [-0.05, 0) is 18.2 Å². The quantitative estimate of drug-likeness (QED) is 0.772. The molecule has 5 heteroatoms. The molecule has 2 aromatic rings. The first-order valence-electron chi connectivity index (χ1n) is 4.86. The Morgan fingerprint density at radius 1 is 1.35 bits per heavy atom. The summed E-state index contributed by atoms with van der Waals surface area (Å²) in [5.74, 6) is 0. The van der Waals surface area contributed by atoms with Crippen LogP contribution in [0.1, 0.15) is 5.56 Å². The highest BCUT2D eigenvalue weighted by molar-refractivity contribution is 6.30. The van der Waals surface area contributed by atoms with Gasteiger partial charge >= 0.3 is 0 Å². The van der Waals surface area contributed by atoms with Gasteiger partial charge in [0.05, 0.1) is 5.69 Å². The van der Waals surface area contributed by atoms with E-state index in [0.717, 1.165) is 10.2 Å². The second kappa shape index (κ2) is 4.40. The van der Waals surface area contributed by atoms with Crippen LogP contribution < -0.4 is 5.56 Å². The van der Waals surface area contributed by atoms with Gasteiger partial charge in [-0.1, -0.05) is 23.7 Å². The summed E-state index contributed by atoms with van der Waals surface area (Å²) in [4.78, 5) is 11.5. The maximum atomic E-state index is 11.5. The lowest BCUT2D eigenvalue weighted by atomic mass is 10.1. The van der Waals surface area contributed by atoms with Crippen LogP contribution in [0.3, 0.4) is 0 Å². The van der Waals surface area contributed by atoms with E-state index in [4.69, 9.17) is 16.9 Å². The van der Waals surface area contributed by atoms with E-state index < -0.39 is 5.56 Å². The molecule has 0 aliphatic rings. The summed E-state index contributed by atoms with van der Waals surface area (Å²) < 4.78 is 1.16. The molecule has 0 radical (unpaired) electrons. The normalized spacial score (nSPS) is 9.94. The van der Waals surface area contributed by atoms with Gasteiger partial charge in [-0.2, -0.15) is 10.4 Å². The van der Waals surface area contributed by atoms with Crippen molar-refractivity contribution in [1.29, 1.82) is 5.26 Å². The predicted molar refractivity (Wildman–Crippen MR) is 64.6 cm³/mol. The topological polar surface area (TPSA) is 58.7 Å². The number of hydrogen-bond donors (Lipinski definition) is 0. The van der Waals surface area contributed by atoms with Crippen LogP contribution in [0.5, 0.6) is 0 Å². The monoisotopic (exact) mass is 245 g/mol. The summed E-state index contributed by atoms with van der Waals surface area (Å²) in [5.41, 5.74) is 1.06. The third-order valence-corrected chi connectivity index (χ3v) is 2.58. The van der Waals surface area contributed by atoms with Gasteiger partial charge in [-0.25, -0.2) is 4.68 Å². The van der Waals surface area contributed by atoms with E-state index in [1.807, 2.05) is 6.07 Å². The molecule has 0 saturated heterocycles. The van der Waals surface area contributed by atoms with Crippen LogP contribution in [-0.2, 0) is 7.05 Å². The Kier molecular flexibility index (Phi) is 2.94. The van der Waals surface area contributed by atoms with Crippen LogP contribution in [-0.4, -0.2) is 9.78 Å². The molecule has 0 aliphatic heterocycles. The van der Waals surface area contributed by atoms with Crippen molar-refractivity contribution in [3.8, 4) is 17.3 Å². The number of aryl methyl sites for hydroxylation is 1. The lowest BCUT2D eigenvalue weighted by molar-refractivity contribution is 0.709. The van der Waals surface area contributed by atoms with Crippen LogP contribution in [0.15, 0.2) is 35.1 Å². The molecule has 1 aromatic heterocycles. The number of benzene rings is 1. The second-order valence-corrected chi connectivity index (χ2v) is 3.93. The minimum absolute atomic E-state index is 0.0763. The summed E-state index contributed by atoms with van der Waals surface area (Å²) in [5, 5.41) is 13.6. The molecule has 4 nitrogen and oxygen atoms in total. The zero-order valence-corrected chi connectivity index (χ0v) is 9.77. The second-order valence-electron chi connectivity index (χ2n) is 3.49. The lowest BCUT2D eigenvalue weighted by Crippen LogP contribution is -2.22. The standard InChI is InChI=1S/C12H8ClN3O/c1-16-12(17)9(7-14)6-11(15-16)8-2-4-10(13)5-3-8/h2-6H,1H3. The molecule has 1 heterocycles. The fraction of sp³-hybridized carbons (Fsp3) is 0.0833. The van der Waals surface area contributed by atoms with Crippen molar-refractivity contribution < 1.29 is 0 Å². The molecule has 1 aromatic carbocycles. The summed E-state index contributed by atoms with van der Waals surface area (Å²) in [6, 6.07) is 10.4. The number of rotatable bonds is 1.